The van der Waals surface area contributed by atoms with Crippen molar-refractivity contribution in [3.05, 3.63) is 23.8 Å². The molecule has 0 aliphatic heterocycles. The number of anilines is 2. The third-order valence-corrected chi connectivity index (χ3v) is 4.70. The lowest BCUT2D eigenvalue weighted by molar-refractivity contribution is -0.115. The summed E-state index contributed by atoms with van der Waals surface area (Å²) < 4.78 is 0. The fraction of sp³-hybridized carbons (Fsp3) is 0.611. The Hall–Kier alpha value is -1.51. The van der Waals surface area contributed by atoms with Gasteiger partial charge in [-0.3, -0.25) is 4.79 Å². The summed E-state index contributed by atoms with van der Waals surface area (Å²) in [4.78, 5) is 11.6. The van der Waals surface area contributed by atoms with Gasteiger partial charge in [0.05, 0.1) is 0 Å². The zero-order valence-corrected chi connectivity index (χ0v) is 13.7. The van der Waals surface area contributed by atoms with Gasteiger partial charge in [-0.25, -0.2) is 0 Å². The maximum atomic E-state index is 11.6. The van der Waals surface area contributed by atoms with Crippen molar-refractivity contribution in [3.8, 4) is 0 Å². The fourth-order valence-corrected chi connectivity index (χ4v) is 3.25. The van der Waals surface area contributed by atoms with Gasteiger partial charge in [0.1, 0.15) is 0 Å². The second-order valence-corrected chi connectivity index (χ2v) is 6.53. The monoisotopic (exact) mass is 288 g/mol. The van der Waals surface area contributed by atoms with Crippen molar-refractivity contribution >= 4 is 17.3 Å². The van der Waals surface area contributed by atoms with E-state index in [1.807, 2.05) is 19.1 Å². The van der Waals surface area contributed by atoms with Crippen LogP contribution in [0.15, 0.2) is 18.2 Å². The molecule has 1 aliphatic rings. The van der Waals surface area contributed by atoms with Crippen LogP contribution in [0.3, 0.4) is 0 Å². The number of hydrogen-bond donors (Lipinski definition) is 2. The first kappa shape index (κ1) is 15.9. The smallest absolute Gasteiger partial charge is 0.224 e. The Kier molecular flexibility index (Phi) is 5.27. The van der Waals surface area contributed by atoms with Crippen molar-refractivity contribution < 1.29 is 4.79 Å². The highest BCUT2D eigenvalue weighted by Gasteiger charge is 2.25. The van der Waals surface area contributed by atoms with Gasteiger partial charge < -0.3 is 10.6 Å². The van der Waals surface area contributed by atoms with E-state index in [4.69, 9.17) is 0 Å². The molecule has 116 valence electrons. The van der Waals surface area contributed by atoms with E-state index in [2.05, 4.69) is 37.5 Å². The molecule has 1 amide bonds. The molecule has 21 heavy (non-hydrogen) atoms. The molecule has 0 radical (unpaired) electrons. The second kappa shape index (κ2) is 6.97. The van der Waals surface area contributed by atoms with Crippen LogP contribution in [0.25, 0.3) is 0 Å². The molecule has 3 heteroatoms. The molecule has 2 rings (SSSR count). The van der Waals surface area contributed by atoms with Crippen molar-refractivity contribution in [1.29, 1.82) is 0 Å². The van der Waals surface area contributed by atoms with E-state index < -0.39 is 0 Å². The molecule has 1 saturated carbocycles. The van der Waals surface area contributed by atoms with Crippen LogP contribution < -0.4 is 10.6 Å². The van der Waals surface area contributed by atoms with E-state index in [9.17, 15) is 4.79 Å². The number of benzene rings is 1. The van der Waals surface area contributed by atoms with Crippen molar-refractivity contribution in [2.24, 2.45) is 11.8 Å². The van der Waals surface area contributed by atoms with E-state index in [0.29, 0.717) is 18.4 Å². The van der Waals surface area contributed by atoms with E-state index in [-0.39, 0.29) is 5.91 Å². The third kappa shape index (κ3) is 3.99. The van der Waals surface area contributed by atoms with Crippen LogP contribution in [-0.2, 0) is 4.79 Å². The zero-order chi connectivity index (χ0) is 15.4. The largest absolute Gasteiger partial charge is 0.382 e. The van der Waals surface area contributed by atoms with Gasteiger partial charge in [0.25, 0.3) is 0 Å². The molecule has 0 saturated heterocycles. The molecule has 1 aliphatic carbocycles. The average Bonchev–Trinajstić information content (AvgIpc) is 2.45. The number of carbonyl (C=O) groups is 1. The molecule has 3 nitrogen and oxygen atoms in total. The van der Waals surface area contributed by atoms with Gasteiger partial charge >= 0.3 is 0 Å². The van der Waals surface area contributed by atoms with Crippen LogP contribution in [0.1, 0.15) is 52.0 Å². The zero-order valence-electron chi connectivity index (χ0n) is 13.7. The Morgan fingerprint density at radius 3 is 2.62 bits per heavy atom. The maximum absolute atomic E-state index is 11.6. The Balaban J connectivity index is 2.10. The standard InChI is InChI=1S/C18H28N2O/c1-5-18(21)20-17-8-6-7-16(14(17)4)19-15-10-9-12(2)11-13(15)3/h6-8,12-13,15,19H,5,9-11H2,1-4H3,(H,20,21). The number of hydrogen-bond acceptors (Lipinski definition) is 2. The number of rotatable bonds is 4. The highest BCUT2D eigenvalue weighted by molar-refractivity contribution is 5.92. The average molecular weight is 288 g/mol. The Morgan fingerprint density at radius 2 is 1.95 bits per heavy atom. The van der Waals surface area contributed by atoms with Gasteiger partial charge in [0, 0.05) is 23.8 Å². The summed E-state index contributed by atoms with van der Waals surface area (Å²) in [5, 5.41) is 6.68. The molecule has 1 fully saturated rings. The lowest BCUT2D eigenvalue weighted by Crippen LogP contribution is -2.33. The Morgan fingerprint density at radius 1 is 1.24 bits per heavy atom. The minimum atomic E-state index is 0.0649. The summed E-state index contributed by atoms with van der Waals surface area (Å²) >= 11 is 0. The first-order valence-corrected chi connectivity index (χ1v) is 8.17. The molecule has 3 atom stereocenters. The normalized spacial score (nSPS) is 25.4. The Bertz CT molecular complexity index is 498. The number of nitrogens with one attached hydrogen (secondary N) is 2. The molecule has 0 aromatic heterocycles. The molecule has 0 spiro atoms. The molecule has 3 unspecified atom stereocenters. The SMILES string of the molecule is CCC(=O)Nc1cccc(NC2CCC(C)CC2C)c1C. The van der Waals surface area contributed by atoms with Crippen LogP contribution in [0, 0.1) is 18.8 Å². The lowest BCUT2D eigenvalue weighted by Gasteiger charge is -2.34. The predicted molar refractivity (Wildman–Crippen MR) is 89.7 cm³/mol. The number of amides is 1. The molecular weight excluding hydrogens is 260 g/mol. The second-order valence-electron chi connectivity index (χ2n) is 6.53. The molecule has 1 aromatic rings. The van der Waals surface area contributed by atoms with Crippen molar-refractivity contribution in [3.63, 3.8) is 0 Å². The molecule has 0 heterocycles. The van der Waals surface area contributed by atoms with E-state index in [1.165, 1.54) is 19.3 Å². The predicted octanol–water partition coefficient (Wildman–Crippen LogP) is 4.58. The van der Waals surface area contributed by atoms with E-state index in [0.717, 1.165) is 22.9 Å². The van der Waals surface area contributed by atoms with Gasteiger partial charge in [-0.2, -0.15) is 0 Å². The quantitative estimate of drug-likeness (QED) is 0.851. The highest BCUT2D eigenvalue weighted by atomic mass is 16.1. The minimum Gasteiger partial charge on any atom is -0.382 e. The van der Waals surface area contributed by atoms with Crippen LogP contribution in [0.5, 0.6) is 0 Å². The first-order valence-electron chi connectivity index (χ1n) is 8.17. The fourth-order valence-electron chi connectivity index (χ4n) is 3.25. The third-order valence-electron chi connectivity index (χ3n) is 4.70. The molecule has 0 bridgehead atoms. The van der Waals surface area contributed by atoms with Gasteiger partial charge in [-0.15, -0.1) is 0 Å². The summed E-state index contributed by atoms with van der Waals surface area (Å²) in [6, 6.07) is 6.64. The van der Waals surface area contributed by atoms with Gasteiger partial charge in [0.15, 0.2) is 0 Å². The van der Waals surface area contributed by atoms with Gasteiger partial charge in [0.2, 0.25) is 5.91 Å². The minimum absolute atomic E-state index is 0.0649. The van der Waals surface area contributed by atoms with Crippen LogP contribution in [0.4, 0.5) is 11.4 Å². The number of carbonyl (C=O) groups excluding carboxylic acids is 1. The molecular formula is C18H28N2O. The topological polar surface area (TPSA) is 41.1 Å². The first-order chi connectivity index (χ1) is 10.0. The highest BCUT2D eigenvalue weighted by Crippen LogP contribution is 2.32. The summed E-state index contributed by atoms with van der Waals surface area (Å²) in [7, 11) is 0. The van der Waals surface area contributed by atoms with E-state index in [1.54, 1.807) is 0 Å². The van der Waals surface area contributed by atoms with Crippen molar-refractivity contribution in [2.75, 3.05) is 10.6 Å². The maximum Gasteiger partial charge on any atom is 0.224 e. The van der Waals surface area contributed by atoms with Crippen LogP contribution in [-0.4, -0.2) is 11.9 Å². The summed E-state index contributed by atoms with van der Waals surface area (Å²) in [6.07, 6.45) is 4.33. The Labute approximate surface area is 128 Å². The lowest BCUT2D eigenvalue weighted by atomic mass is 9.79. The van der Waals surface area contributed by atoms with Crippen LogP contribution >= 0.6 is 0 Å². The summed E-state index contributed by atoms with van der Waals surface area (Å²) in [6.45, 7) is 8.63. The van der Waals surface area contributed by atoms with Gasteiger partial charge in [-0.05, 0) is 55.7 Å². The molecule has 2 N–H and O–H groups in total. The summed E-state index contributed by atoms with van der Waals surface area (Å²) in [5.74, 6) is 1.60. The van der Waals surface area contributed by atoms with E-state index >= 15 is 0 Å². The summed E-state index contributed by atoms with van der Waals surface area (Å²) in [5.41, 5.74) is 3.20. The van der Waals surface area contributed by atoms with Crippen LogP contribution in [0.2, 0.25) is 0 Å². The molecule has 1 aromatic carbocycles. The van der Waals surface area contributed by atoms with Crippen molar-refractivity contribution in [2.45, 2.75) is 59.4 Å². The van der Waals surface area contributed by atoms with Gasteiger partial charge in [-0.1, -0.05) is 26.8 Å². The van der Waals surface area contributed by atoms with Crippen molar-refractivity contribution in [1.82, 2.24) is 0 Å².